The van der Waals surface area contributed by atoms with Gasteiger partial charge in [-0.05, 0) is 31.4 Å². The van der Waals surface area contributed by atoms with E-state index >= 15 is 0 Å². The lowest BCUT2D eigenvalue weighted by Gasteiger charge is -2.15. The third kappa shape index (κ3) is 3.20. The molecule has 0 aliphatic rings. The average Bonchev–Trinajstić information content (AvgIpc) is 2.20. The Morgan fingerprint density at radius 3 is 3.00 bits per heavy atom. The van der Waals surface area contributed by atoms with E-state index in [1.807, 2.05) is 31.1 Å². The Balaban J connectivity index is 2.62. The van der Waals surface area contributed by atoms with Gasteiger partial charge in [0, 0.05) is 29.9 Å². The highest BCUT2D eigenvalue weighted by molar-refractivity contribution is 7.98. The van der Waals surface area contributed by atoms with Crippen molar-refractivity contribution in [1.29, 1.82) is 0 Å². The van der Waals surface area contributed by atoms with E-state index in [0.717, 1.165) is 23.4 Å². The molecule has 3 nitrogen and oxygen atoms in total. The molecule has 1 aromatic rings. The van der Waals surface area contributed by atoms with Crippen LogP contribution in [0, 0.1) is 0 Å². The molecule has 0 fully saturated rings. The van der Waals surface area contributed by atoms with Crippen molar-refractivity contribution in [3.05, 3.63) is 24.0 Å². The van der Waals surface area contributed by atoms with E-state index in [1.54, 1.807) is 6.20 Å². The summed E-state index contributed by atoms with van der Waals surface area (Å²) in [5.41, 5.74) is 7.81. The van der Waals surface area contributed by atoms with Crippen molar-refractivity contribution in [1.82, 2.24) is 10.3 Å². The maximum absolute atomic E-state index is 5.85. The summed E-state index contributed by atoms with van der Waals surface area (Å²) in [6.07, 6.45) is 6.62. The van der Waals surface area contributed by atoms with Crippen LogP contribution in [0.3, 0.4) is 0 Å². The van der Waals surface area contributed by atoms with Gasteiger partial charge in [-0.25, -0.2) is 0 Å². The summed E-state index contributed by atoms with van der Waals surface area (Å²) in [7, 11) is 1.98. The van der Waals surface area contributed by atoms with Gasteiger partial charge in [0.1, 0.15) is 0 Å². The van der Waals surface area contributed by atoms with E-state index in [-0.39, 0.29) is 0 Å². The number of pyridine rings is 1. The van der Waals surface area contributed by atoms with Crippen LogP contribution in [0.25, 0.3) is 0 Å². The molecular formula is C10H17N3S. The minimum Gasteiger partial charge on any atom is -0.398 e. The van der Waals surface area contributed by atoms with Crippen LogP contribution in [0.1, 0.15) is 5.56 Å². The second-order valence-electron chi connectivity index (χ2n) is 3.22. The second-order valence-corrected chi connectivity index (χ2v) is 4.13. The number of nitrogen functional groups attached to an aromatic ring is 1. The highest BCUT2D eigenvalue weighted by Crippen LogP contribution is 2.12. The van der Waals surface area contributed by atoms with E-state index in [1.165, 1.54) is 0 Å². The van der Waals surface area contributed by atoms with Gasteiger partial charge >= 0.3 is 0 Å². The van der Waals surface area contributed by atoms with Gasteiger partial charge in [-0.3, -0.25) is 4.98 Å². The Kier molecular flexibility index (Phi) is 4.76. The minimum absolute atomic E-state index is 0.469. The minimum atomic E-state index is 0.469. The van der Waals surface area contributed by atoms with Gasteiger partial charge in [0.15, 0.2) is 0 Å². The van der Waals surface area contributed by atoms with Gasteiger partial charge in [-0.1, -0.05) is 0 Å². The summed E-state index contributed by atoms with van der Waals surface area (Å²) in [5.74, 6) is 1.09. The summed E-state index contributed by atoms with van der Waals surface area (Å²) < 4.78 is 0. The number of nitrogens with zero attached hydrogens (tertiary/aromatic N) is 1. The van der Waals surface area contributed by atoms with E-state index in [2.05, 4.69) is 16.6 Å². The number of nitrogens with two attached hydrogens (primary N) is 1. The Bertz CT molecular complexity index is 278. The number of thioether (sulfide) groups is 1. The molecule has 1 rings (SSSR count). The smallest absolute Gasteiger partial charge is 0.0378 e. The van der Waals surface area contributed by atoms with E-state index in [0.29, 0.717) is 6.04 Å². The standard InChI is InChI=1S/C10H17N3S/c1-12-9(7-14-2)5-8-6-13-4-3-10(8)11/h3-4,6,9,12H,5,7H2,1-2H3,(H2,11,13). The lowest BCUT2D eigenvalue weighted by Crippen LogP contribution is -2.30. The Hall–Kier alpha value is -0.740. The molecule has 3 N–H and O–H groups in total. The van der Waals surface area contributed by atoms with Gasteiger partial charge in [0.2, 0.25) is 0 Å². The molecule has 0 bridgehead atoms. The van der Waals surface area contributed by atoms with Crippen LogP contribution in [0.15, 0.2) is 18.5 Å². The topological polar surface area (TPSA) is 50.9 Å². The zero-order chi connectivity index (χ0) is 10.4. The Morgan fingerprint density at radius 1 is 1.64 bits per heavy atom. The van der Waals surface area contributed by atoms with Gasteiger partial charge in [-0.15, -0.1) is 0 Å². The first-order valence-corrected chi connectivity index (χ1v) is 6.02. The fourth-order valence-corrected chi connectivity index (χ4v) is 2.01. The number of hydrogen-bond acceptors (Lipinski definition) is 4. The molecule has 0 saturated heterocycles. The molecule has 1 aromatic heterocycles. The zero-order valence-corrected chi connectivity index (χ0v) is 9.47. The van der Waals surface area contributed by atoms with Crippen molar-refractivity contribution in [3.8, 4) is 0 Å². The molecule has 14 heavy (non-hydrogen) atoms. The molecule has 1 atom stereocenters. The molecule has 0 aliphatic heterocycles. The van der Waals surface area contributed by atoms with Crippen LogP contribution in [-0.4, -0.2) is 30.1 Å². The molecule has 1 unspecified atom stereocenters. The summed E-state index contributed by atoms with van der Waals surface area (Å²) >= 11 is 1.84. The first-order chi connectivity index (χ1) is 6.77. The van der Waals surface area contributed by atoms with E-state index in [4.69, 9.17) is 5.73 Å². The number of rotatable bonds is 5. The van der Waals surface area contributed by atoms with Crippen LogP contribution >= 0.6 is 11.8 Å². The summed E-state index contributed by atoms with van der Waals surface area (Å²) in [4.78, 5) is 4.08. The molecule has 0 radical (unpaired) electrons. The monoisotopic (exact) mass is 211 g/mol. The molecule has 1 heterocycles. The predicted molar refractivity (Wildman–Crippen MR) is 63.6 cm³/mol. The molecular weight excluding hydrogens is 194 g/mol. The van der Waals surface area contributed by atoms with Crippen LogP contribution in [0.2, 0.25) is 0 Å². The first kappa shape index (κ1) is 11.3. The second kappa shape index (κ2) is 5.88. The lowest BCUT2D eigenvalue weighted by atomic mass is 10.1. The van der Waals surface area contributed by atoms with Crippen LogP contribution < -0.4 is 11.1 Å². The molecule has 0 saturated carbocycles. The third-order valence-electron chi connectivity index (χ3n) is 2.18. The third-order valence-corrected chi connectivity index (χ3v) is 2.92. The number of hydrogen-bond donors (Lipinski definition) is 2. The number of anilines is 1. The van der Waals surface area contributed by atoms with E-state index in [9.17, 15) is 0 Å². The maximum Gasteiger partial charge on any atom is 0.0378 e. The zero-order valence-electron chi connectivity index (χ0n) is 8.66. The SMILES string of the molecule is CNC(CSC)Cc1cnccc1N. The molecule has 78 valence electrons. The molecule has 0 spiro atoms. The van der Waals surface area contributed by atoms with Crippen LogP contribution in [-0.2, 0) is 6.42 Å². The van der Waals surface area contributed by atoms with Crippen molar-refractivity contribution in [2.24, 2.45) is 0 Å². The van der Waals surface area contributed by atoms with Crippen molar-refractivity contribution >= 4 is 17.4 Å². The Labute approximate surface area is 89.5 Å². The van der Waals surface area contributed by atoms with Crippen LogP contribution in [0.5, 0.6) is 0 Å². The number of likely N-dealkylation sites (N-methyl/N-ethyl adjacent to an activating group) is 1. The first-order valence-electron chi connectivity index (χ1n) is 4.62. The number of nitrogens with one attached hydrogen (secondary N) is 1. The summed E-state index contributed by atoms with van der Waals surface area (Å²) in [6, 6.07) is 2.32. The average molecular weight is 211 g/mol. The molecule has 0 aromatic carbocycles. The molecule has 0 aliphatic carbocycles. The number of aromatic nitrogens is 1. The van der Waals surface area contributed by atoms with Crippen molar-refractivity contribution < 1.29 is 0 Å². The normalized spacial score (nSPS) is 12.7. The highest BCUT2D eigenvalue weighted by atomic mass is 32.2. The quantitative estimate of drug-likeness (QED) is 0.767. The fraction of sp³-hybridized carbons (Fsp3) is 0.500. The predicted octanol–water partition coefficient (Wildman–Crippen LogP) is 1.16. The van der Waals surface area contributed by atoms with Crippen molar-refractivity contribution in [2.75, 3.05) is 24.8 Å². The van der Waals surface area contributed by atoms with Gasteiger partial charge in [0.05, 0.1) is 0 Å². The summed E-state index contributed by atoms with van der Waals surface area (Å²) in [5, 5.41) is 3.27. The van der Waals surface area contributed by atoms with Crippen molar-refractivity contribution in [3.63, 3.8) is 0 Å². The van der Waals surface area contributed by atoms with Gasteiger partial charge in [0.25, 0.3) is 0 Å². The highest BCUT2D eigenvalue weighted by Gasteiger charge is 2.08. The summed E-state index contributed by atoms with van der Waals surface area (Å²) in [6.45, 7) is 0. The van der Waals surface area contributed by atoms with Gasteiger partial charge in [-0.2, -0.15) is 11.8 Å². The fourth-order valence-electron chi connectivity index (χ4n) is 1.32. The van der Waals surface area contributed by atoms with Gasteiger partial charge < -0.3 is 11.1 Å². The molecule has 4 heteroatoms. The lowest BCUT2D eigenvalue weighted by molar-refractivity contribution is 0.617. The van der Waals surface area contributed by atoms with Crippen molar-refractivity contribution in [2.45, 2.75) is 12.5 Å². The molecule has 0 amide bonds. The largest absolute Gasteiger partial charge is 0.398 e. The van der Waals surface area contributed by atoms with E-state index < -0.39 is 0 Å². The maximum atomic E-state index is 5.85. The Morgan fingerprint density at radius 2 is 2.43 bits per heavy atom. The van der Waals surface area contributed by atoms with Crippen LogP contribution in [0.4, 0.5) is 5.69 Å².